The highest BCUT2D eigenvalue weighted by molar-refractivity contribution is 6.11. The molecule has 0 atom stereocenters. The predicted molar refractivity (Wildman–Crippen MR) is 147 cm³/mol. The Morgan fingerprint density at radius 3 is 1.51 bits per heavy atom. The molecular formula is C33H18N4. The molecule has 0 amide bonds. The largest absolute Gasteiger partial charge is 0.318 e. The Morgan fingerprint density at radius 1 is 0.568 bits per heavy atom. The first-order valence-electron chi connectivity index (χ1n) is 11.8. The lowest BCUT2D eigenvalue weighted by Gasteiger charge is -2.21. The Morgan fingerprint density at radius 2 is 1.03 bits per heavy atom. The van der Waals surface area contributed by atoms with Crippen molar-refractivity contribution >= 4 is 27.5 Å². The van der Waals surface area contributed by atoms with Gasteiger partial charge in [0.15, 0.2) is 0 Å². The van der Waals surface area contributed by atoms with Crippen molar-refractivity contribution < 1.29 is 0 Å². The van der Waals surface area contributed by atoms with Crippen LogP contribution in [0, 0.1) is 29.2 Å². The van der Waals surface area contributed by atoms with Crippen molar-refractivity contribution in [3.63, 3.8) is 0 Å². The first kappa shape index (κ1) is 21.9. The third kappa shape index (κ3) is 3.28. The second-order valence-corrected chi connectivity index (χ2v) is 8.63. The van der Waals surface area contributed by atoms with Crippen LogP contribution in [-0.2, 0) is 0 Å². The number of fused-ring (bicyclic) bond motifs is 3. The van der Waals surface area contributed by atoms with Crippen LogP contribution in [0.2, 0.25) is 0 Å². The molecule has 1 aromatic heterocycles. The molecular weight excluding hydrogens is 452 g/mol. The minimum atomic E-state index is 0.283. The normalized spacial score (nSPS) is 10.6. The van der Waals surface area contributed by atoms with E-state index in [1.807, 2.05) is 102 Å². The van der Waals surface area contributed by atoms with E-state index in [1.165, 1.54) is 0 Å². The first-order valence-corrected chi connectivity index (χ1v) is 11.8. The van der Waals surface area contributed by atoms with Gasteiger partial charge in [-0.3, -0.25) is 0 Å². The maximum Gasteiger partial charge on any atom is 0.220 e. The van der Waals surface area contributed by atoms with Gasteiger partial charge in [-0.1, -0.05) is 97.1 Å². The number of hydrogen-bond donors (Lipinski definition) is 0. The third-order valence-corrected chi connectivity index (χ3v) is 6.71. The molecule has 1 heterocycles. The van der Waals surface area contributed by atoms with Crippen molar-refractivity contribution in [2.45, 2.75) is 0 Å². The van der Waals surface area contributed by atoms with E-state index < -0.39 is 0 Å². The number of hydrogen-bond acceptors (Lipinski definition) is 2. The Kier molecular flexibility index (Phi) is 5.24. The lowest BCUT2D eigenvalue weighted by Crippen LogP contribution is -2.04. The van der Waals surface area contributed by atoms with Crippen LogP contribution < -0.4 is 0 Å². The summed E-state index contributed by atoms with van der Waals surface area (Å²) >= 11 is 0. The number of para-hydroxylation sites is 2. The molecule has 0 spiro atoms. The number of benzene rings is 5. The van der Waals surface area contributed by atoms with Crippen molar-refractivity contribution in [2.24, 2.45) is 0 Å². The van der Waals surface area contributed by atoms with Crippen LogP contribution in [0.15, 0.2) is 109 Å². The average Bonchev–Trinajstić information content (AvgIpc) is 3.30. The molecule has 4 heteroatoms. The van der Waals surface area contributed by atoms with Crippen LogP contribution in [0.3, 0.4) is 0 Å². The first-order chi connectivity index (χ1) is 18.3. The summed E-state index contributed by atoms with van der Waals surface area (Å²) in [6.45, 7) is 8.30. The molecule has 0 aliphatic carbocycles. The fraction of sp³-hybridized carbons (Fsp3) is 0. The molecule has 0 radical (unpaired) electrons. The van der Waals surface area contributed by atoms with Crippen LogP contribution in [0.1, 0.15) is 11.1 Å². The average molecular weight is 471 g/mol. The highest BCUT2D eigenvalue weighted by atomic mass is 15.0. The maximum absolute atomic E-state index is 10.6. The smallest absolute Gasteiger partial charge is 0.220 e. The van der Waals surface area contributed by atoms with Crippen molar-refractivity contribution in [1.29, 1.82) is 10.5 Å². The number of nitrogens with zero attached hydrogens (tertiary/aromatic N) is 4. The summed E-state index contributed by atoms with van der Waals surface area (Å²) in [7, 11) is 0. The van der Waals surface area contributed by atoms with E-state index in [0.29, 0.717) is 27.9 Å². The second-order valence-electron chi connectivity index (χ2n) is 8.63. The van der Waals surface area contributed by atoms with E-state index >= 15 is 0 Å². The minimum absolute atomic E-state index is 0.283. The van der Waals surface area contributed by atoms with E-state index in [1.54, 1.807) is 0 Å². The summed E-state index contributed by atoms with van der Waals surface area (Å²) in [6.07, 6.45) is 0. The second kappa shape index (κ2) is 8.86. The molecule has 0 bridgehead atoms. The van der Waals surface area contributed by atoms with Crippen molar-refractivity contribution in [2.75, 3.05) is 0 Å². The van der Waals surface area contributed by atoms with Gasteiger partial charge in [0.05, 0.1) is 40.5 Å². The van der Waals surface area contributed by atoms with Gasteiger partial charge >= 0.3 is 0 Å². The quantitative estimate of drug-likeness (QED) is 0.244. The van der Waals surface area contributed by atoms with Crippen LogP contribution in [-0.4, -0.2) is 4.57 Å². The summed E-state index contributed by atoms with van der Waals surface area (Å²) < 4.78 is 2.01. The minimum Gasteiger partial charge on any atom is -0.318 e. The fourth-order valence-corrected chi connectivity index (χ4v) is 5.21. The third-order valence-electron chi connectivity index (χ3n) is 6.71. The van der Waals surface area contributed by atoms with Gasteiger partial charge in [-0.05, 0) is 23.3 Å². The lowest BCUT2D eigenvalue weighted by molar-refractivity contribution is 1.17. The summed E-state index contributed by atoms with van der Waals surface area (Å²) in [5.74, 6) is 0. The zero-order valence-electron chi connectivity index (χ0n) is 19.7. The highest BCUT2D eigenvalue weighted by Crippen LogP contribution is 2.48. The highest BCUT2D eigenvalue weighted by Gasteiger charge is 2.28. The SMILES string of the molecule is [C-]#[N+]c1c(-c2ccccc2)c(C#N)c(-c2ccccc2)c(C#N)c1-n1c2ccccc2c2ccccc21. The molecule has 0 fully saturated rings. The molecule has 0 aliphatic rings. The molecule has 4 nitrogen and oxygen atoms in total. The van der Waals surface area contributed by atoms with Gasteiger partial charge in [-0.2, -0.15) is 10.5 Å². The zero-order valence-corrected chi connectivity index (χ0v) is 19.7. The number of rotatable bonds is 3. The molecule has 6 rings (SSSR count). The van der Waals surface area contributed by atoms with Crippen LogP contribution in [0.25, 0.3) is 54.6 Å². The Balaban J connectivity index is 1.92. The molecule has 37 heavy (non-hydrogen) atoms. The van der Waals surface area contributed by atoms with Crippen molar-refractivity contribution in [1.82, 2.24) is 4.57 Å². The van der Waals surface area contributed by atoms with Gasteiger partial charge in [-0.15, -0.1) is 0 Å². The van der Waals surface area contributed by atoms with Gasteiger partial charge in [0.2, 0.25) is 5.69 Å². The van der Waals surface area contributed by atoms with Crippen molar-refractivity contribution in [3.8, 4) is 40.1 Å². The predicted octanol–water partition coefficient (Wildman–Crippen LogP) is 8.41. The van der Waals surface area contributed by atoms with Crippen molar-refractivity contribution in [3.05, 3.63) is 132 Å². The molecule has 0 saturated carbocycles. The van der Waals surface area contributed by atoms with Crippen LogP contribution in [0.5, 0.6) is 0 Å². The molecule has 170 valence electrons. The maximum atomic E-state index is 10.6. The Bertz CT molecular complexity index is 1810. The van der Waals surface area contributed by atoms with Gasteiger partial charge < -0.3 is 4.57 Å². The summed E-state index contributed by atoms with van der Waals surface area (Å²) in [5, 5.41) is 23.2. The lowest BCUT2D eigenvalue weighted by atomic mass is 9.86. The summed E-state index contributed by atoms with van der Waals surface area (Å²) in [6, 6.07) is 39.8. The molecule has 0 N–H and O–H groups in total. The Labute approximate surface area is 214 Å². The monoisotopic (exact) mass is 470 g/mol. The Hall–Kier alpha value is -5.63. The van der Waals surface area contributed by atoms with E-state index in [0.717, 1.165) is 32.9 Å². The van der Waals surface area contributed by atoms with Gasteiger partial charge in [0.25, 0.3) is 0 Å². The van der Waals surface area contributed by atoms with Gasteiger partial charge in [0, 0.05) is 21.9 Å². The summed E-state index contributed by atoms with van der Waals surface area (Å²) in [4.78, 5) is 4.00. The topological polar surface area (TPSA) is 56.9 Å². The molecule has 0 saturated heterocycles. The van der Waals surface area contributed by atoms with E-state index in [-0.39, 0.29) is 5.69 Å². The molecule has 6 aromatic rings. The van der Waals surface area contributed by atoms with E-state index in [2.05, 4.69) is 29.1 Å². The molecule has 5 aromatic carbocycles. The molecule has 0 aliphatic heterocycles. The van der Waals surface area contributed by atoms with E-state index in [4.69, 9.17) is 6.57 Å². The fourth-order valence-electron chi connectivity index (χ4n) is 5.21. The van der Waals surface area contributed by atoms with Gasteiger partial charge in [-0.25, -0.2) is 4.85 Å². The van der Waals surface area contributed by atoms with E-state index in [9.17, 15) is 10.5 Å². The van der Waals surface area contributed by atoms with Crippen LogP contribution in [0.4, 0.5) is 5.69 Å². The van der Waals surface area contributed by atoms with Crippen LogP contribution >= 0.6 is 0 Å². The zero-order chi connectivity index (χ0) is 25.4. The number of nitriles is 2. The number of aromatic nitrogens is 1. The van der Waals surface area contributed by atoms with Gasteiger partial charge in [0.1, 0.15) is 6.07 Å². The molecule has 0 unspecified atom stereocenters. The standard InChI is InChI=1S/C33H18N4/c1-36-32-31(23-14-6-3-7-15-23)26(20-34)30(22-12-4-2-5-13-22)27(21-35)33(32)37-28-18-10-8-16-24(28)25-17-9-11-19-29(25)37/h2-19H. The summed E-state index contributed by atoms with van der Waals surface area (Å²) in [5.41, 5.74) is 5.78.